The Balaban J connectivity index is 1.77. The first-order valence-electron chi connectivity index (χ1n) is 6.98. The van der Waals surface area contributed by atoms with Gasteiger partial charge in [0.05, 0.1) is 4.92 Å². The van der Waals surface area contributed by atoms with E-state index in [1.807, 2.05) is 0 Å². The van der Waals surface area contributed by atoms with Gasteiger partial charge in [0.15, 0.2) is 0 Å². The summed E-state index contributed by atoms with van der Waals surface area (Å²) in [5, 5.41) is 14.2. The summed E-state index contributed by atoms with van der Waals surface area (Å²) >= 11 is 5.74. The van der Waals surface area contributed by atoms with Crippen LogP contribution in [0.2, 0.25) is 5.28 Å². The van der Waals surface area contributed by atoms with Crippen molar-refractivity contribution in [3.63, 3.8) is 0 Å². The van der Waals surface area contributed by atoms with E-state index in [1.54, 1.807) is 0 Å². The molecule has 2 fully saturated rings. The summed E-state index contributed by atoms with van der Waals surface area (Å²) in [4.78, 5) is 18.2. The molecule has 0 aromatic carbocycles. The van der Waals surface area contributed by atoms with Crippen LogP contribution in [0.25, 0.3) is 0 Å². The topological polar surface area (TPSA) is 81.0 Å². The second kappa shape index (κ2) is 5.16. The zero-order chi connectivity index (χ0) is 14.3. The van der Waals surface area contributed by atoms with E-state index in [1.165, 1.54) is 25.7 Å². The molecule has 0 spiro atoms. The average Bonchev–Trinajstić information content (AvgIpc) is 3.00. The molecule has 1 N–H and O–H groups in total. The van der Waals surface area contributed by atoms with Crippen molar-refractivity contribution in [3.8, 4) is 0 Å². The van der Waals surface area contributed by atoms with Crippen molar-refractivity contribution in [3.05, 3.63) is 21.6 Å². The molecular formula is C13H17ClN4O2. The van der Waals surface area contributed by atoms with Crippen LogP contribution >= 0.6 is 11.6 Å². The minimum absolute atomic E-state index is 0.0262. The van der Waals surface area contributed by atoms with E-state index in [9.17, 15) is 10.1 Å². The molecule has 4 atom stereocenters. The summed E-state index contributed by atoms with van der Waals surface area (Å²) in [6.07, 6.45) is 6.31. The van der Waals surface area contributed by atoms with Crippen molar-refractivity contribution >= 4 is 23.1 Å². The number of nitrogens with one attached hydrogen (secondary N) is 1. The lowest BCUT2D eigenvalue weighted by Gasteiger charge is -2.28. The van der Waals surface area contributed by atoms with Crippen molar-refractivity contribution in [1.82, 2.24) is 9.97 Å². The zero-order valence-electron chi connectivity index (χ0n) is 11.3. The second-order valence-corrected chi connectivity index (χ2v) is 6.24. The molecule has 0 radical (unpaired) electrons. The Labute approximate surface area is 122 Å². The van der Waals surface area contributed by atoms with Crippen LogP contribution in [0.5, 0.6) is 0 Å². The molecule has 1 heterocycles. The number of hydrogen-bond acceptors (Lipinski definition) is 5. The Bertz CT molecular complexity index is 539. The number of nitro groups is 1. The van der Waals surface area contributed by atoms with Crippen LogP contribution in [0.15, 0.2) is 6.20 Å². The molecule has 1 aromatic heterocycles. The molecule has 0 amide bonds. The number of aromatic nitrogens is 2. The van der Waals surface area contributed by atoms with E-state index in [0.29, 0.717) is 5.92 Å². The maximum absolute atomic E-state index is 11.0. The van der Waals surface area contributed by atoms with E-state index >= 15 is 0 Å². The summed E-state index contributed by atoms with van der Waals surface area (Å²) in [5.74, 6) is 2.39. The lowest BCUT2D eigenvalue weighted by Crippen LogP contribution is -2.30. The predicted molar refractivity (Wildman–Crippen MR) is 75.7 cm³/mol. The highest BCUT2D eigenvalue weighted by Crippen LogP contribution is 2.50. The van der Waals surface area contributed by atoms with Crippen LogP contribution < -0.4 is 5.32 Å². The Kier molecular flexibility index (Phi) is 3.50. The third-order valence-corrected chi connectivity index (χ3v) is 4.92. The summed E-state index contributed by atoms with van der Waals surface area (Å²) in [6.45, 7) is 2.07. The van der Waals surface area contributed by atoms with Crippen LogP contribution in [-0.4, -0.2) is 20.9 Å². The van der Waals surface area contributed by atoms with Gasteiger partial charge < -0.3 is 5.32 Å². The number of anilines is 1. The quantitative estimate of drug-likeness (QED) is 0.524. The van der Waals surface area contributed by atoms with Crippen LogP contribution in [0.4, 0.5) is 11.5 Å². The molecule has 4 unspecified atom stereocenters. The first-order chi connectivity index (χ1) is 9.54. The van der Waals surface area contributed by atoms with Crippen molar-refractivity contribution in [2.24, 2.45) is 17.8 Å². The molecule has 2 aliphatic rings. The van der Waals surface area contributed by atoms with Gasteiger partial charge in [-0.2, -0.15) is 4.98 Å². The molecule has 2 bridgehead atoms. The van der Waals surface area contributed by atoms with Crippen LogP contribution in [-0.2, 0) is 0 Å². The monoisotopic (exact) mass is 296 g/mol. The Morgan fingerprint density at radius 3 is 2.90 bits per heavy atom. The molecule has 7 heteroatoms. The highest BCUT2D eigenvalue weighted by Gasteiger charge is 2.42. The Morgan fingerprint density at radius 2 is 2.30 bits per heavy atom. The van der Waals surface area contributed by atoms with Crippen LogP contribution in [0.3, 0.4) is 0 Å². The number of hydrogen-bond donors (Lipinski definition) is 1. The molecule has 1 aromatic rings. The summed E-state index contributed by atoms with van der Waals surface area (Å²) in [6, 6.07) is 0.162. The fourth-order valence-corrected chi connectivity index (χ4v) is 3.96. The van der Waals surface area contributed by atoms with Gasteiger partial charge in [0, 0.05) is 6.04 Å². The van der Waals surface area contributed by atoms with Gasteiger partial charge >= 0.3 is 5.69 Å². The summed E-state index contributed by atoms with van der Waals surface area (Å²) < 4.78 is 0. The lowest BCUT2D eigenvalue weighted by molar-refractivity contribution is -0.384. The van der Waals surface area contributed by atoms with Gasteiger partial charge in [-0.25, -0.2) is 4.98 Å². The van der Waals surface area contributed by atoms with E-state index in [-0.39, 0.29) is 22.8 Å². The SMILES string of the molecule is CC(Nc1nc(Cl)ncc1[N+](=O)[O-])C1CC2CCC1C2. The van der Waals surface area contributed by atoms with Crippen molar-refractivity contribution in [2.75, 3.05) is 5.32 Å². The van der Waals surface area contributed by atoms with E-state index in [4.69, 9.17) is 11.6 Å². The number of fused-ring (bicyclic) bond motifs is 2. The van der Waals surface area contributed by atoms with Crippen LogP contribution in [0.1, 0.15) is 32.6 Å². The maximum Gasteiger partial charge on any atom is 0.329 e. The highest BCUT2D eigenvalue weighted by atomic mass is 35.5. The van der Waals surface area contributed by atoms with E-state index in [0.717, 1.165) is 18.0 Å². The van der Waals surface area contributed by atoms with Gasteiger partial charge in [-0.15, -0.1) is 0 Å². The summed E-state index contributed by atoms with van der Waals surface area (Å²) in [7, 11) is 0. The molecule has 108 valence electrons. The zero-order valence-corrected chi connectivity index (χ0v) is 12.0. The molecule has 6 nitrogen and oxygen atoms in total. The summed E-state index contributed by atoms with van der Waals surface area (Å²) in [5.41, 5.74) is -0.121. The number of halogens is 1. The van der Waals surface area contributed by atoms with E-state index < -0.39 is 4.92 Å². The van der Waals surface area contributed by atoms with Gasteiger partial charge in [0.25, 0.3) is 0 Å². The van der Waals surface area contributed by atoms with Crippen molar-refractivity contribution < 1.29 is 4.92 Å². The van der Waals surface area contributed by atoms with Gasteiger partial charge in [-0.3, -0.25) is 10.1 Å². The number of rotatable bonds is 4. The molecule has 3 rings (SSSR count). The van der Waals surface area contributed by atoms with Gasteiger partial charge in [-0.05, 0) is 55.5 Å². The van der Waals surface area contributed by atoms with Gasteiger partial charge in [0.1, 0.15) is 6.20 Å². The fraction of sp³-hybridized carbons (Fsp3) is 0.692. The standard InChI is InChI=1S/C13H17ClN4O2/c1-7(10-5-8-2-3-9(10)4-8)16-12-11(18(19)20)6-15-13(14)17-12/h6-10H,2-5H2,1H3,(H,15,16,17). The second-order valence-electron chi connectivity index (χ2n) is 5.90. The van der Waals surface area contributed by atoms with E-state index in [2.05, 4.69) is 22.2 Å². The third-order valence-electron chi connectivity index (χ3n) is 4.74. The highest BCUT2D eigenvalue weighted by molar-refractivity contribution is 6.28. The average molecular weight is 297 g/mol. The third kappa shape index (κ3) is 2.44. The smallest absolute Gasteiger partial charge is 0.329 e. The minimum atomic E-state index is -0.480. The van der Waals surface area contributed by atoms with Crippen molar-refractivity contribution in [1.29, 1.82) is 0 Å². The van der Waals surface area contributed by atoms with Crippen molar-refractivity contribution in [2.45, 2.75) is 38.6 Å². The maximum atomic E-state index is 11.0. The molecule has 0 aliphatic heterocycles. The first kappa shape index (κ1) is 13.5. The minimum Gasteiger partial charge on any atom is -0.361 e. The number of nitrogens with zero attached hydrogens (tertiary/aromatic N) is 3. The largest absolute Gasteiger partial charge is 0.361 e. The van der Waals surface area contributed by atoms with Crippen LogP contribution in [0, 0.1) is 27.9 Å². The first-order valence-corrected chi connectivity index (χ1v) is 7.36. The lowest BCUT2D eigenvalue weighted by atomic mass is 9.84. The Hall–Kier alpha value is -1.43. The van der Waals surface area contributed by atoms with Gasteiger partial charge in [-0.1, -0.05) is 6.42 Å². The van der Waals surface area contributed by atoms with Gasteiger partial charge in [0.2, 0.25) is 11.1 Å². The predicted octanol–water partition coefficient (Wildman–Crippen LogP) is 3.27. The Morgan fingerprint density at radius 1 is 1.50 bits per heavy atom. The normalized spacial score (nSPS) is 29.4. The molecular weight excluding hydrogens is 280 g/mol. The molecule has 2 aliphatic carbocycles. The molecule has 2 saturated carbocycles. The molecule has 20 heavy (non-hydrogen) atoms. The fourth-order valence-electron chi connectivity index (χ4n) is 3.82. The molecule has 0 saturated heterocycles.